The summed E-state index contributed by atoms with van der Waals surface area (Å²) in [4.78, 5) is 39.0. The highest BCUT2D eigenvalue weighted by molar-refractivity contribution is 7.91. The van der Waals surface area contributed by atoms with Gasteiger partial charge in [-0.15, -0.1) is 0 Å². The van der Waals surface area contributed by atoms with Gasteiger partial charge < -0.3 is 14.9 Å². The van der Waals surface area contributed by atoms with Gasteiger partial charge in [0.05, 0.1) is 11.5 Å². The van der Waals surface area contributed by atoms with Crippen molar-refractivity contribution in [2.24, 2.45) is 5.92 Å². The highest BCUT2D eigenvalue weighted by atomic mass is 32.2. The first kappa shape index (κ1) is 18.3. The molecule has 26 heavy (non-hydrogen) atoms. The van der Waals surface area contributed by atoms with Crippen molar-refractivity contribution in [2.75, 3.05) is 29.5 Å². The van der Waals surface area contributed by atoms with Crippen LogP contribution in [0.15, 0.2) is 24.3 Å². The maximum atomic E-state index is 13.0. The van der Waals surface area contributed by atoms with E-state index in [0.29, 0.717) is 5.69 Å². The molecule has 1 aromatic carbocycles. The number of carbonyl (C=O) groups is 3. The molecule has 2 aliphatic heterocycles. The minimum atomic E-state index is -3.54. The smallest absolute Gasteiger partial charge is 0.327 e. The zero-order valence-corrected chi connectivity index (χ0v) is 14.5. The zero-order valence-electron chi connectivity index (χ0n) is 13.7. The average molecular weight is 384 g/mol. The van der Waals surface area contributed by atoms with Crippen molar-refractivity contribution in [1.82, 2.24) is 4.90 Å². The van der Waals surface area contributed by atoms with Gasteiger partial charge in [-0.05, 0) is 30.7 Å². The molecule has 2 amide bonds. The van der Waals surface area contributed by atoms with Crippen LogP contribution in [0.4, 0.5) is 10.1 Å². The minimum Gasteiger partial charge on any atom is -0.480 e. The first-order valence-electron chi connectivity index (χ1n) is 8.00. The van der Waals surface area contributed by atoms with E-state index in [2.05, 4.69) is 0 Å². The third-order valence-corrected chi connectivity index (χ3v) is 6.27. The van der Waals surface area contributed by atoms with Crippen molar-refractivity contribution in [3.05, 3.63) is 30.1 Å². The number of sulfone groups is 1. The number of carbonyl (C=O) groups excluding carboxylic acids is 2. The van der Waals surface area contributed by atoms with Crippen molar-refractivity contribution in [3.8, 4) is 0 Å². The Morgan fingerprint density at radius 3 is 2.42 bits per heavy atom. The molecule has 2 aliphatic rings. The van der Waals surface area contributed by atoms with Crippen LogP contribution in [0.25, 0.3) is 0 Å². The number of amides is 2. The Bertz CT molecular complexity index is 854. The number of anilines is 1. The summed E-state index contributed by atoms with van der Waals surface area (Å²) in [7, 11) is -3.54. The lowest BCUT2D eigenvalue weighted by Gasteiger charge is -2.34. The summed E-state index contributed by atoms with van der Waals surface area (Å²) < 4.78 is 36.4. The standard InChI is InChI=1S/C16H17FN2O6S/c17-10-1-3-11(4-2-10)18-6-5-12(14(18)20)15(21)19-7-8-26(24,25)9-13(19)16(22)23/h1-4,12-13H,5-9H2,(H,22,23). The van der Waals surface area contributed by atoms with Crippen LogP contribution < -0.4 is 4.90 Å². The van der Waals surface area contributed by atoms with Crippen molar-refractivity contribution >= 4 is 33.3 Å². The van der Waals surface area contributed by atoms with Gasteiger partial charge in [0.15, 0.2) is 9.84 Å². The molecule has 140 valence electrons. The monoisotopic (exact) mass is 384 g/mol. The van der Waals surface area contributed by atoms with E-state index in [0.717, 1.165) is 4.90 Å². The Morgan fingerprint density at radius 2 is 1.81 bits per heavy atom. The third-order valence-electron chi connectivity index (χ3n) is 4.64. The minimum absolute atomic E-state index is 0.185. The fourth-order valence-corrected chi connectivity index (χ4v) is 4.71. The average Bonchev–Trinajstić information content (AvgIpc) is 2.96. The van der Waals surface area contributed by atoms with E-state index in [1.165, 1.54) is 29.2 Å². The number of aliphatic carboxylic acids is 1. The first-order valence-corrected chi connectivity index (χ1v) is 9.82. The Labute approximate surface area is 149 Å². The number of rotatable bonds is 3. The summed E-state index contributed by atoms with van der Waals surface area (Å²) in [5.41, 5.74) is 0.447. The molecule has 0 aromatic heterocycles. The lowest BCUT2D eigenvalue weighted by atomic mass is 10.1. The molecular weight excluding hydrogens is 367 g/mol. The Hall–Kier alpha value is -2.49. The number of hydrogen-bond acceptors (Lipinski definition) is 5. The molecule has 0 aliphatic carbocycles. The lowest BCUT2D eigenvalue weighted by Crippen LogP contribution is -2.56. The first-order chi connectivity index (χ1) is 12.2. The van der Waals surface area contributed by atoms with Crippen LogP contribution in [-0.4, -0.2) is 66.8 Å². The van der Waals surface area contributed by atoms with Gasteiger partial charge in [0.25, 0.3) is 0 Å². The van der Waals surface area contributed by atoms with Crippen LogP contribution in [0.1, 0.15) is 6.42 Å². The van der Waals surface area contributed by atoms with E-state index in [9.17, 15) is 32.3 Å². The number of carboxylic acid groups (broad SMARTS) is 1. The molecule has 0 radical (unpaired) electrons. The quantitative estimate of drug-likeness (QED) is 0.728. The van der Waals surface area contributed by atoms with Gasteiger partial charge in [-0.3, -0.25) is 9.59 Å². The summed E-state index contributed by atoms with van der Waals surface area (Å²) in [6.07, 6.45) is 0.185. The van der Waals surface area contributed by atoms with Gasteiger partial charge in [0.2, 0.25) is 11.8 Å². The normalized spacial score (nSPS) is 25.3. The Morgan fingerprint density at radius 1 is 1.15 bits per heavy atom. The molecule has 8 nitrogen and oxygen atoms in total. The SMILES string of the molecule is O=C(O)C1CS(=O)(=O)CCN1C(=O)C1CCN(c2ccc(F)cc2)C1=O. The zero-order chi connectivity index (χ0) is 19.1. The van der Waals surface area contributed by atoms with E-state index in [1.54, 1.807) is 0 Å². The topological polar surface area (TPSA) is 112 Å². The predicted octanol–water partition coefficient (Wildman–Crippen LogP) is -0.111. The molecule has 10 heteroatoms. The Balaban J connectivity index is 1.78. The van der Waals surface area contributed by atoms with Crippen molar-refractivity contribution in [3.63, 3.8) is 0 Å². The fourth-order valence-electron chi connectivity index (χ4n) is 3.26. The molecule has 2 fully saturated rings. The maximum Gasteiger partial charge on any atom is 0.327 e. The van der Waals surface area contributed by atoms with Gasteiger partial charge in [-0.2, -0.15) is 0 Å². The second-order valence-electron chi connectivity index (χ2n) is 6.31. The number of hydrogen-bond donors (Lipinski definition) is 1. The highest BCUT2D eigenvalue weighted by Crippen LogP contribution is 2.28. The van der Waals surface area contributed by atoms with Crippen LogP contribution in [-0.2, 0) is 24.2 Å². The molecule has 2 unspecified atom stereocenters. The summed E-state index contributed by atoms with van der Waals surface area (Å²) >= 11 is 0. The molecule has 0 spiro atoms. The predicted molar refractivity (Wildman–Crippen MR) is 88.7 cm³/mol. The van der Waals surface area contributed by atoms with Gasteiger partial charge >= 0.3 is 5.97 Å². The van der Waals surface area contributed by atoms with Gasteiger partial charge in [0, 0.05) is 18.8 Å². The second kappa shape index (κ2) is 6.67. The molecule has 0 bridgehead atoms. The highest BCUT2D eigenvalue weighted by Gasteiger charge is 2.45. The van der Waals surface area contributed by atoms with Gasteiger partial charge in [-0.25, -0.2) is 17.6 Å². The molecule has 2 atom stereocenters. The summed E-state index contributed by atoms with van der Waals surface area (Å²) in [6.45, 7) is -0.0107. The van der Waals surface area contributed by atoms with E-state index >= 15 is 0 Å². The van der Waals surface area contributed by atoms with E-state index in [-0.39, 0.29) is 25.3 Å². The number of benzene rings is 1. The Kier molecular flexibility index (Phi) is 4.70. The largest absolute Gasteiger partial charge is 0.480 e. The van der Waals surface area contributed by atoms with Crippen LogP contribution in [0.2, 0.25) is 0 Å². The number of nitrogens with zero attached hydrogens (tertiary/aromatic N) is 2. The van der Waals surface area contributed by atoms with Crippen molar-refractivity contribution in [2.45, 2.75) is 12.5 Å². The molecular formula is C16H17FN2O6S. The van der Waals surface area contributed by atoms with Gasteiger partial charge in [-0.1, -0.05) is 0 Å². The molecule has 1 aromatic rings. The van der Waals surface area contributed by atoms with Crippen LogP contribution in [0, 0.1) is 11.7 Å². The van der Waals surface area contributed by atoms with Crippen LogP contribution in [0.5, 0.6) is 0 Å². The van der Waals surface area contributed by atoms with E-state index in [4.69, 9.17) is 0 Å². The molecule has 2 heterocycles. The number of halogens is 1. The van der Waals surface area contributed by atoms with Crippen LogP contribution >= 0.6 is 0 Å². The van der Waals surface area contributed by atoms with Crippen molar-refractivity contribution < 1.29 is 32.3 Å². The molecule has 2 saturated heterocycles. The lowest BCUT2D eigenvalue weighted by molar-refractivity contribution is -0.152. The summed E-state index contributed by atoms with van der Waals surface area (Å²) in [5, 5.41) is 9.27. The molecule has 0 saturated carbocycles. The molecule has 1 N–H and O–H groups in total. The summed E-state index contributed by atoms with van der Waals surface area (Å²) in [6, 6.07) is 3.76. The third kappa shape index (κ3) is 3.41. The number of carboxylic acids is 1. The summed E-state index contributed by atoms with van der Waals surface area (Å²) in [5.74, 6) is -5.10. The fraction of sp³-hybridized carbons (Fsp3) is 0.438. The molecule has 3 rings (SSSR count). The maximum absolute atomic E-state index is 13.0. The van der Waals surface area contributed by atoms with E-state index in [1.807, 2.05) is 0 Å². The second-order valence-corrected chi connectivity index (χ2v) is 8.54. The van der Waals surface area contributed by atoms with Crippen molar-refractivity contribution in [1.29, 1.82) is 0 Å². The van der Waals surface area contributed by atoms with E-state index < -0.39 is 51.2 Å². The van der Waals surface area contributed by atoms with Gasteiger partial charge in [0.1, 0.15) is 17.8 Å². The van der Waals surface area contributed by atoms with Crippen LogP contribution in [0.3, 0.4) is 0 Å².